The quantitative estimate of drug-likeness (QED) is 0.686. The molecule has 8 heteroatoms. The molecule has 1 aromatic carbocycles. The molecule has 1 aliphatic rings. The standard InChI is InChI=1S/C18H24N2O6/c1-4-24-14-7-6-12(9-15(14)25-5-2)19-18(23)20-16(21)10-26-17(22)13-8-11(13)3/h6-7,9,11,13H,4-5,8,10H2,1-3H3,(H2,19,20,21,23). The van der Waals surface area contributed by atoms with Crippen molar-refractivity contribution in [3.05, 3.63) is 18.2 Å². The summed E-state index contributed by atoms with van der Waals surface area (Å²) in [6.07, 6.45) is 0.779. The second-order valence-corrected chi connectivity index (χ2v) is 5.96. The van der Waals surface area contributed by atoms with Crippen LogP contribution in [0, 0.1) is 11.8 Å². The molecule has 142 valence electrons. The molecule has 1 fully saturated rings. The fourth-order valence-corrected chi connectivity index (χ4v) is 2.35. The summed E-state index contributed by atoms with van der Waals surface area (Å²) < 4.78 is 15.8. The number of imide groups is 1. The first-order chi connectivity index (χ1) is 12.4. The highest BCUT2D eigenvalue weighted by molar-refractivity contribution is 6.02. The summed E-state index contributed by atoms with van der Waals surface area (Å²) in [4.78, 5) is 35.1. The number of rotatable bonds is 8. The fraction of sp³-hybridized carbons (Fsp3) is 0.500. The van der Waals surface area contributed by atoms with Gasteiger partial charge in [0.2, 0.25) is 0 Å². The molecular formula is C18H24N2O6. The van der Waals surface area contributed by atoms with Crippen molar-refractivity contribution in [1.29, 1.82) is 0 Å². The Morgan fingerprint density at radius 1 is 1.12 bits per heavy atom. The number of hydrogen-bond acceptors (Lipinski definition) is 6. The molecule has 0 aliphatic heterocycles. The number of anilines is 1. The number of amides is 3. The van der Waals surface area contributed by atoms with Crippen molar-refractivity contribution in [2.45, 2.75) is 27.2 Å². The Labute approximate surface area is 152 Å². The maximum absolute atomic E-state index is 11.9. The van der Waals surface area contributed by atoms with Gasteiger partial charge in [-0.25, -0.2) is 4.79 Å². The Morgan fingerprint density at radius 3 is 2.38 bits per heavy atom. The largest absolute Gasteiger partial charge is 0.490 e. The third-order valence-electron chi connectivity index (χ3n) is 3.81. The molecular weight excluding hydrogens is 340 g/mol. The van der Waals surface area contributed by atoms with Gasteiger partial charge in [-0.1, -0.05) is 6.92 Å². The molecule has 0 heterocycles. The van der Waals surface area contributed by atoms with Gasteiger partial charge in [0.1, 0.15) is 0 Å². The topological polar surface area (TPSA) is 103 Å². The van der Waals surface area contributed by atoms with Crippen molar-refractivity contribution in [1.82, 2.24) is 5.32 Å². The molecule has 0 aromatic heterocycles. The van der Waals surface area contributed by atoms with Crippen LogP contribution in [0.15, 0.2) is 18.2 Å². The third kappa shape index (κ3) is 5.65. The van der Waals surface area contributed by atoms with Crippen molar-refractivity contribution in [2.24, 2.45) is 11.8 Å². The number of esters is 1. The molecule has 0 spiro atoms. The number of benzene rings is 1. The van der Waals surface area contributed by atoms with Crippen molar-refractivity contribution >= 4 is 23.6 Å². The van der Waals surface area contributed by atoms with Gasteiger partial charge in [-0.2, -0.15) is 0 Å². The smallest absolute Gasteiger partial charge is 0.325 e. The van der Waals surface area contributed by atoms with Gasteiger partial charge in [0.25, 0.3) is 5.91 Å². The zero-order chi connectivity index (χ0) is 19.1. The Balaban J connectivity index is 1.83. The number of hydrogen-bond donors (Lipinski definition) is 2. The van der Waals surface area contributed by atoms with E-state index in [-0.39, 0.29) is 5.92 Å². The molecule has 8 nitrogen and oxygen atoms in total. The number of carbonyl (C=O) groups excluding carboxylic acids is 3. The normalized spacial score (nSPS) is 17.8. The van der Waals surface area contributed by atoms with Crippen LogP contribution in [0.2, 0.25) is 0 Å². The Kier molecular flexibility index (Phi) is 6.82. The molecule has 3 amide bonds. The summed E-state index contributed by atoms with van der Waals surface area (Å²) in [5, 5.41) is 4.63. The van der Waals surface area contributed by atoms with Gasteiger partial charge in [-0.3, -0.25) is 14.9 Å². The van der Waals surface area contributed by atoms with E-state index in [2.05, 4.69) is 10.6 Å². The molecule has 1 saturated carbocycles. The fourth-order valence-electron chi connectivity index (χ4n) is 2.35. The lowest BCUT2D eigenvalue weighted by atomic mass is 10.2. The van der Waals surface area contributed by atoms with Gasteiger partial charge in [-0.05, 0) is 38.3 Å². The Hall–Kier alpha value is -2.77. The molecule has 0 radical (unpaired) electrons. The SMILES string of the molecule is CCOc1ccc(NC(=O)NC(=O)COC(=O)C2CC2C)cc1OCC. The number of carbonyl (C=O) groups is 3. The van der Waals surface area contributed by atoms with E-state index < -0.39 is 24.5 Å². The van der Waals surface area contributed by atoms with Crippen LogP contribution in [0.1, 0.15) is 27.2 Å². The second-order valence-electron chi connectivity index (χ2n) is 5.96. The van der Waals surface area contributed by atoms with E-state index in [1.54, 1.807) is 18.2 Å². The van der Waals surface area contributed by atoms with E-state index in [1.807, 2.05) is 20.8 Å². The van der Waals surface area contributed by atoms with Gasteiger partial charge in [-0.15, -0.1) is 0 Å². The predicted octanol–water partition coefficient (Wildman–Crippen LogP) is 2.33. The molecule has 2 atom stereocenters. The molecule has 1 aromatic rings. The van der Waals surface area contributed by atoms with Crippen LogP contribution in [0.4, 0.5) is 10.5 Å². The number of urea groups is 1. The van der Waals surface area contributed by atoms with Crippen LogP contribution >= 0.6 is 0 Å². The first-order valence-electron chi connectivity index (χ1n) is 8.61. The molecule has 1 aliphatic carbocycles. The van der Waals surface area contributed by atoms with Gasteiger partial charge in [0.05, 0.1) is 19.1 Å². The molecule has 2 N–H and O–H groups in total. The van der Waals surface area contributed by atoms with E-state index in [4.69, 9.17) is 14.2 Å². The first kappa shape index (κ1) is 19.6. The van der Waals surface area contributed by atoms with Crippen LogP contribution in [0.5, 0.6) is 11.5 Å². The van der Waals surface area contributed by atoms with Crippen molar-refractivity contribution < 1.29 is 28.6 Å². The van der Waals surface area contributed by atoms with E-state index in [1.165, 1.54) is 0 Å². The van der Waals surface area contributed by atoms with E-state index in [0.717, 1.165) is 6.42 Å². The Morgan fingerprint density at radius 2 is 1.77 bits per heavy atom. The van der Waals surface area contributed by atoms with Crippen LogP contribution in [-0.4, -0.2) is 37.7 Å². The molecule has 26 heavy (non-hydrogen) atoms. The number of ether oxygens (including phenoxy) is 3. The molecule has 2 unspecified atom stereocenters. The number of nitrogens with one attached hydrogen (secondary N) is 2. The lowest BCUT2D eigenvalue weighted by Gasteiger charge is -2.13. The minimum atomic E-state index is -0.725. The van der Waals surface area contributed by atoms with Gasteiger partial charge in [0.15, 0.2) is 18.1 Å². The second kappa shape index (κ2) is 9.07. The zero-order valence-electron chi connectivity index (χ0n) is 15.2. The van der Waals surface area contributed by atoms with Crippen LogP contribution in [0.25, 0.3) is 0 Å². The summed E-state index contributed by atoms with van der Waals surface area (Å²) in [5.74, 6) is 0.134. The molecule has 0 saturated heterocycles. The minimum Gasteiger partial charge on any atom is -0.490 e. The maximum Gasteiger partial charge on any atom is 0.325 e. The monoisotopic (exact) mass is 364 g/mol. The van der Waals surface area contributed by atoms with E-state index in [0.29, 0.717) is 36.3 Å². The first-order valence-corrected chi connectivity index (χ1v) is 8.61. The van der Waals surface area contributed by atoms with Crippen molar-refractivity contribution in [3.63, 3.8) is 0 Å². The summed E-state index contributed by atoms with van der Waals surface area (Å²) in [5.41, 5.74) is 0.436. The van der Waals surface area contributed by atoms with Crippen molar-refractivity contribution in [3.8, 4) is 11.5 Å². The van der Waals surface area contributed by atoms with Gasteiger partial charge < -0.3 is 19.5 Å². The Bertz CT molecular complexity index is 676. The lowest BCUT2D eigenvalue weighted by Crippen LogP contribution is -2.37. The van der Waals surface area contributed by atoms with Crippen molar-refractivity contribution in [2.75, 3.05) is 25.1 Å². The van der Waals surface area contributed by atoms with Crippen LogP contribution in [0.3, 0.4) is 0 Å². The molecule has 2 rings (SSSR count). The van der Waals surface area contributed by atoms with E-state index >= 15 is 0 Å². The van der Waals surface area contributed by atoms with Crippen LogP contribution in [-0.2, 0) is 14.3 Å². The summed E-state index contributed by atoms with van der Waals surface area (Å²) >= 11 is 0. The van der Waals surface area contributed by atoms with Gasteiger partial charge in [0, 0.05) is 11.8 Å². The zero-order valence-corrected chi connectivity index (χ0v) is 15.2. The summed E-state index contributed by atoms with van der Waals surface area (Å²) in [7, 11) is 0. The highest BCUT2D eigenvalue weighted by Crippen LogP contribution is 2.38. The highest BCUT2D eigenvalue weighted by Gasteiger charge is 2.40. The minimum absolute atomic E-state index is 0.127. The summed E-state index contributed by atoms with van der Waals surface area (Å²) in [6, 6.07) is 4.18. The predicted molar refractivity (Wildman–Crippen MR) is 94.2 cm³/mol. The van der Waals surface area contributed by atoms with E-state index in [9.17, 15) is 14.4 Å². The molecule has 0 bridgehead atoms. The lowest BCUT2D eigenvalue weighted by molar-refractivity contribution is -0.149. The average Bonchev–Trinajstić information content (AvgIpc) is 3.32. The third-order valence-corrected chi connectivity index (χ3v) is 3.81. The van der Waals surface area contributed by atoms with Gasteiger partial charge >= 0.3 is 12.0 Å². The summed E-state index contributed by atoms with van der Waals surface area (Å²) in [6.45, 7) is 6.08. The highest BCUT2D eigenvalue weighted by atomic mass is 16.5. The average molecular weight is 364 g/mol. The van der Waals surface area contributed by atoms with Crippen LogP contribution < -0.4 is 20.1 Å². The maximum atomic E-state index is 11.9.